The molecule has 1 aliphatic heterocycles. The standard InChI is InChI=1S/C20H36O10/c1-13(15(3)22)10-16(23)12-28-7-6-26-4-5-27-8-9-29-20-14(2)18(24)19(25)17(11-21)30-20/h13-14,17-21,24-25H,4-12H2,1-3H3/t13-,14?,17-,18-,19+,20-/m1/s1. The Bertz CT molecular complexity index is 498. The summed E-state index contributed by atoms with van der Waals surface area (Å²) < 4.78 is 26.9. The van der Waals surface area contributed by atoms with Crippen LogP contribution in [0.15, 0.2) is 0 Å². The van der Waals surface area contributed by atoms with Gasteiger partial charge < -0.3 is 39.0 Å². The number of aliphatic hydroxyl groups is 3. The predicted octanol–water partition coefficient (Wildman–Crippen LogP) is -0.688. The van der Waals surface area contributed by atoms with Crippen molar-refractivity contribution >= 4 is 11.6 Å². The summed E-state index contributed by atoms with van der Waals surface area (Å²) in [7, 11) is 0. The molecule has 6 atom stereocenters. The molecule has 1 rings (SSSR count). The number of carbonyl (C=O) groups is 2. The number of aliphatic hydroxyl groups excluding tert-OH is 3. The van der Waals surface area contributed by atoms with E-state index in [9.17, 15) is 24.9 Å². The first-order chi connectivity index (χ1) is 14.3. The maximum Gasteiger partial charge on any atom is 0.163 e. The van der Waals surface area contributed by atoms with Gasteiger partial charge in [0.2, 0.25) is 0 Å². The fourth-order valence-electron chi connectivity index (χ4n) is 2.80. The number of carbonyl (C=O) groups excluding carboxylic acids is 2. The highest BCUT2D eigenvalue weighted by atomic mass is 16.7. The topological polar surface area (TPSA) is 141 Å². The Hall–Kier alpha value is -0.980. The quantitative estimate of drug-likeness (QED) is 0.266. The Morgan fingerprint density at radius 1 is 0.967 bits per heavy atom. The van der Waals surface area contributed by atoms with Crippen LogP contribution >= 0.6 is 0 Å². The molecule has 0 amide bonds. The van der Waals surface area contributed by atoms with Gasteiger partial charge in [0.1, 0.15) is 24.6 Å². The smallest absolute Gasteiger partial charge is 0.163 e. The van der Waals surface area contributed by atoms with E-state index in [4.69, 9.17) is 23.7 Å². The second-order valence-corrected chi connectivity index (χ2v) is 7.47. The van der Waals surface area contributed by atoms with Crippen molar-refractivity contribution in [3.8, 4) is 0 Å². The van der Waals surface area contributed by atoms with Crippen LogP contribution in [0.25, 0.3) is 0 Å². The summed E-state index contributed by atoms with van der Waals surface area (Å²) in [6.07, 6.45) is -3.62. The Balaban J connectivity index is 1.98. The molecule has 1 saturated heterocycles. The third-order valence-corrected chi connectivity index (χ3v) is 4.93. The first-order valence-electron chi connectivity index (χ1n) is 10.3. The SMILES string of the molecule is CC(=O)[C@H](C)CC(=O)COCCOCCOCCO[C@@H]1O[C@H](CO)[C@H](O)[C@H](O)C1C. The van der Waals surface area contributed by atoms with E-state index in [0.29, 0.717) is 19.8 Å². The van der Waals surface area contributed by atoms with Crippen LogP contribution in [0, 0.1) is 11.8 Å². The van der Waals surface area contributed by atoms with Gasteiger partial charge in [0, 0.05) is 18.3 Å². The van der Waals surface area contributed by atoms with Gasteiger partial charge in [-0.15, -0.1) is 0 Å². The molecule has 0 saturated carbocycles. The fourth-order valence-corrected chi connectivity index (χ4v) is 2.80. The lowest BCUT2D eigenvalue weighted by Gasteiger charge is -2.40. The first kappa shape index (κ1) is 27.1. The highest BCUT2D eigenvalue weighted by Gasteiger charge is 2.42. The second-order valence-electron chi connectivity index (χ2n) is 7.47. The predicted molar refractivity (Wildman–Crippen MR) is 105 cm³/mol. The Kier molecular flexibility index (Phi) is 13.5. The third kappa shape index (κ3) is 9.88. The van der Waals surface area contributed by atoms with Crippen molar-refractivity contribution in [2.75, 3.05) is 52.9 Å². The Morgan fingerprint density at radius 3 is 2.10 bits per heavy atom. The van der Waals surface area contributed by atoms with Crippen molar-refractivity contribution in [1.29, 1.82) is 0 Å². The lowest BCUT2D eigenvalue weighted by atomic mass is 9.92. The molecule has 176 valence electrons. The molecule has 10 nitrogen and oxygen atoms in total. The number of rotatable bonds is 16. The first-order valence-corrected chi connectivity index (χ1v) is 10.3. The zero-order valence-corrected chi connectivity index (χ0v) is 18.0. The van der Waals surface area contributed by atoms with E-state index in [-0.39, 0.29) is 50.3 Å². The van der Waals surface area contributed by atoms with Gasteiger partial charge in [-0.05, 0) is 6.92 Å². The van der Waals surface area contributed by atoms with Crippen molar-refractivity contribution < 1.29 is 48.6 Å². The highest BCUT2D eigenvalue weighted by Crippen LogP contribution is 2.26. The maximum atomic E-state index is 11.6. The third-order valence-electron chi connectivity index (χ3n) is 4.93. The molecule has 10 heteroatoms. The summed E-state index contributed by atoms with van der Waals surface area (Å²) in [5.41, 5.74) is 0. The van der Waals surface area contributed by atoms with Gasteiger partial charge in [0.25, 0.3) is 0 Å². The van der Waals surface area contributed by atoms with Crippen LogP contribution in [0.5, 0.6) is 0 Å². The largest absolute Gasteiger partial charge is 0.394 e. The zero-order chi connectivity index (χ0) is 22.5. The average molecular weight is 436 g/mol. The molecule has 0 aromatic rings. The van der Waals surface area contributed by atoms with Crippen molar-refractivity contribution in [1.82, 2.24) is 0 Å². The van der Waals surface area contributed by atoms with Gasteiger partial charge >= 0.3 is 0 Å². The number of Topliss-reactive ketones (excluding diaryl/α,β-unsaturated/α-hetero) is 2. The molecule has 0 spiro atoms. The van der Waals surface area contributed by atoms with Crippen LogP contribution in [0.1, 0.15) is 27.2 Å². The van der Waals surface area contributed by atoms with Crippen LogP contribution in [-0.4, -0.2) is 104 Å². The van der Waals surface area contributed by atoms with Gasteiger partial charge in [-0.3, -0.25) is 9.59 Å². The van der Waals surface area contributed by atoms with E-state index >= 15 is 0 Å². The van der Waals surface area contributed by atoms with Crippen LogP contribution < -0.4 is 0 Å². The Morgan fingerprint density at radius 2 is 1.53 bits per heavy atom. The molecule has 0 aliphatic carbocycles. The van der Waals surface area contributed by atoms with Crippen molar-refractivity contribution in [2.45, 2.75) is 51.8 Å². The molecule has 0 aromatic heterocycles. The van der Waals surface area contributed by atoms with Crippen LogP contribution in [-0.2, 0) is 33.3 Å². The lowest BCUT2D eigenvalue weighted by molar-refractivity contribution is -0.284. The molecule has 0 aromatic carbocycles. The minimum absolute atomic E-state index is 0.0105. The summed E-state index contributed by atoms with van der Waals surface area (Å²) in [4.78, 5) is 22.7. The average Bonchev–Trinajstić information content (AvgIpc) is 2.71. The summed E-state index contributed by atoms with van der Waals surface area (Å²) in [5.74, 6) is -0.837. The molecule has 0 bridgehead atoms. The molecule has 3 N–H and O–H groups in total. The lowest BCUT2D eigenvalue weighted by Crippen LogP contribution is -2.55. The fraction of sp³-hybridized carbons (Fsp3) is 0.900. The van der Waals surface area contributed by atoms with Gasteiger partial charge in [0.15, 0.2) is 12.1 Å². The van der Waals surface area contributed by atoms with Crippen molar-refractivity contribution in [3.05, 3.63) is 0 Å². The molecule has 1 unspecified atom stereocenters. The molecule has 30 heavy (non-hydrogen) atoms. The van der Waals surface area contributed by atoms with Crippen LogP contribution in [0.4, 0.5) is 0 Å². The van der Waals surface area contributed by atoms with Crippen LogP contribution in [0.3, 0.4) is 0 Å². The number of ketones is 2. The van der Waals surface area contributed by atoms with Crippen molar-refractivity contribution in [2.24, 2.45) is 11.8 Å². The van der Waals surface area contributed by atoms with Gasteiger partial charge in [-0.2, -0.15) is 0 Å². The van der Waals surface area contributed by atoms with E-state index in [1.54, 1.807) is 13.8 Å². The van der Waals surface area contributed by atoms with E-state index in [1.807, 2.05) is 0 Å². The van der Waals surface area contributed by atoms with Crippen LogP contribution in [0.2, 0.25) is 0 Å². The minimum Gasteiger partial charge on any atom is -0.394 e. The normalized spacial score (nSPS) is 27.7. The summed E-state index contributed by atoms with van der Waals surface area (Å²) in [6, 6.07) is 0. The molecular weight excluding hydrogens is 400 g/mol. The molecule has 1 aliphatic rings. The van der Waals surface area contributed by atoms with Gasteiger partial charge in [-0.1, -0.05) is 13.8 Å². The van der Waals surface area contributed by atoms with E-state index in [2.05, 4.69) is 0 Å². The maximum absolute atomic E-state index is 11.6. The number of ether oxygens (including phenoxy) is 5. The van der Waals surface area contributed by atoms with Crippen molar-refractivity contribution in [3.63, 3.8) is 0 Å². The van der Waals surface area contributed by atoms with E-state index in [0.717, 1.165) is 0 Å². The molecule has 0 radical (unpaired) electrons. The number of hydrogen-bond acceptors (Lipinski definition) is 10. The molecular formula is C20H36O10. The van der Waals surface area contributed by atoms with Gasteiger partial charge in [0.05, 0.1) is 52.4 Å². The number of hydrogen-bond donors (Lipinski definition) is 3. The highest BCUT2D eigenvalue weighted by molar-refractivity contribution is 5.87. The molecule has 1 fully saturated rings. The minimum atomic E-state index is -1.15. The zero-order valence-electron chi connectivity index (χ0n) is 18.0. The van der Waals surface area contributed by atoms with E-state index in [1.165, 1.54) is 6.92 Å². The summed E-state index contributed by atoms with van der Waals surface area (Å²) in [5, 5.41) is 28.9. The van der Waals surface area contributed by atoms with E-state index < -0.39 is 37.1 Å². The molecule has 1 heterocycles. The van der Waals surface area contributed by atoms with Gasteiger partial charge in [-0.25, -0.2) is 0 Å². The Labute approximate surface area is 177 Å². The summed E-state index contributed by atoms with van der Waals surface area (Å²) in [6.45, 7) is 6.26. The second kappa shape index (κ2) is 14.9. The monoisotopic (exact) mass is 436 g/mol. The summed E-state index contributed by atoms with van der Waals surface area (Å²) >= 11 is 0.